The number of aromatic nitrogens is 1. The molecule has 1 radical (unpaired) electrons. The van der Waals surface area contributed by atoms with Gasteiger partial charge in [0.05, 0.1) is 6.20 Å². The molecule has 0 saturated heterocycles. The number of rotatable bonds is 2. The Morgan fingerprint density at radius 3 is 3.22 bits per heavy atom. The molecule has 1 aromatic rings. The molecular weight excluding hydrogens is 130 g/mol. The first kappa shape index (κ1) is 6.62. The smallest absolute Gasteiger partial charge is 0.0886 e. The molecule has 0 aliphatic carbocycles. The maximum Gasteiger partial charge on any atom is 0.0886 e. The molecule has 1 rings (SSSR count). The maximum absolute atomic E-state index is 3.86. The quantitative estimate of drug-likeness (QED) is 0.580. The molecule has 0 aliphatic rings. The average Bonchev–Trinajstić information content (AvgIpc) is 1.91. The Balaban J connectivity index is 2.61. The number of pyridine rings is 1. The van der Waals surface area contributed by atoms with Gasteiger partial charge in [0.25, 0.3) is 0 Å². The molecule has 1 nitrogen and oxygen atoms in total. The van der Waals surface area contributed by atoms with Crippen LogP contribution in [0, 0.1) is 6.20 Å². The van der Waals surface area contributed by atoms with Crippen molar-refractivity contribution in [2.45, 2.75) is 11.8 Å². The summed E-state index contributed by atoms with van der Waals surface area (Å²) < 4.78 is 0. The Morgan fingerprint density at radius 1 is 1.78 bits per heavy atom. The second kappa shape index (κ2) is 3.51. The highest BCUT2D eigenvalue weighted by Crippen LogP contribution is 2.13. The van der Waals surface area contributed by atoms with Crippen LogP contribution in [0.25, 0.3) is 0 Å². The SMILES string of the molecule is CCSc1cc[c]nc1. The summed E-state index contributed by atoms with van der Waals surface area (Å²) in [4.78, 5) is 5.08. The summed E-state index contributed by atoms with van der Waals surface area (Å²) in [5.41, 5.74) is 0. The van der Waals surface area contributed by atoms with Crippen molar-refractivity contribution >= 4 is 11.8 Å². The fourth-order valence-corrected chi connectivity index (χ4v) is 1.18. The van der Waals surface area contributed by atoms with Crippen LogP contribution in [0.5, 0.6) is 0 Å². The monoisotopic (exact) mass is 138 g/mol. The predicted molar refractivity (Wildman–Crippen MR) is 39.5 cm³/mol. The zero-order valence-electron chi connectivity index (χ0n) is 5.29. The van der Waals surface area contributed by atoms with Crippen molar-refractivity contribution in [1.29, 1.82) is 0 Å². The van der Waals surface area contributed by atoms with E-state index in [4.69, 9.17) is 0 Å². The predicted octanol–water partition coefficient (Wildman–Crippen LogP) is 1.99. The molecule has 0 fully saturated rings. The summed E-state index contributed by atoms with van der Waals surface area (Å²) in [6.07, 6.45) is 4.56. The van der Waals surface area contributed by atoms with Crippen LogP contribution in [-0.2, 0) is 0 Å². The molecule has 0 spiro atoms. The third-order valence-electron chi connectivity index (χ3n) is 0.899. The van der Waals surface area contributed by atoms with E-state index in [1.165, 1.54) is 4.90 Å². The first-order valence-electron chi connectivity index (χ1n) is 2.88. The van der Waals surface area contributed by atoms with Gasteiger partial charge in [-0.3, -0.25) is 4.98 Å². The molecule has 0 amide bonds. The fraction of sp³-hybridized carbons (Fsp3) is 0.286. The van der Waals surface area contributed by atoms with Crippen LogP contribution in [0.15, 0.2) is 23.2 Å². The van der Waals surface area contributed by atoms with Crippen molar-refractivity contribution in [3.8, 4) is 0 Å². The lowest BCUT2D eigenvalue weighted by molar-refractivity contribution is 1.22. The zero-order chi connectivity index (χ0) is 6.53. The van der Waals surface area contributed by atoms with Gasteiger partial charge < -0.3 is 0 Å². The molecular formula is C7H8NS. The van der Waals surface area contributed by atoms with E-state index >= 15 is 0 Å². The first-order valence-corrected chi connectivity index (χ1v) is 3.87. The lowest BCUT2D eigenvalue weighted by Crippen LogP contribution is -1.73. The van der Waals surface area contributed by atoms with Crippen molar-refractivity contribution < 1.29 is 0 Å². The third-order valence-corrected chi connectivity index (χ3v) is 1.76. The van der Waals surface area contributed by atoms with E-state index < -0.39 is 0 Å². The van der Waals surface area contributed by atoms with Crippen LogP contribution >= 0.6 is 11.8 Å². The summed E-state index contributed by atoms with van der Waals surface area (Å²) >= 11 is 1.79. The topological polar surface area (TPSA) is 12.9 Å². The maximum atomic E-state index is 3.86. The van der Waals surface area contributed by atoms with Gasteiger partial charge in [0.2, 0.25) is 0 Å². The minimum absolute atomic E-state index is 1.10. The van der Waals surface area contributed by atoms with Crippen LogP contribution < -0.4 is 0 Å². The Kier molecular flexibility index (Phi) is 2.58. The Bertz CT molecular complexity index is 162. The van der Waals surface area contributed by atoms with Crippen molar-refractivity contribution in [2.24, 2.45) is 0 Å². The highest BCUT2D eigenvalue weighted by Gasteiger charge is 1.86. The molecule has 0 aromatic carbocycles. The fourth-order valence-electron chi connectivity index (χ4n) is 0.558. The zero-order valence-corrected chi connectivity index (χ0v) is 6.11. The lowest BCUT2D eigenvalue weighted by atomic mass is 10.5. The summed E-state index contributed by atoms with van der Waals surface area (Å²) in [5, 5.41) is 0. The van der Waals surface area contributed by atoms with Crippen LogP contribution in [0.2, 0.25) is 0 Å². The Morgan fingerprint density at radius 2 is 2.67 bits per heavy atom. The van der Waals surface area contributed by atoms with Gasteiger partial charge in [-0.05, 0) is 17.9 Å². The largest absolute Gasteiger partial charge is 0.253 e. The minimum Gasteiger partial charge on any atom is -0.253 e. The number of hydrogen-bond donors (Lipinski definition) is 0. The Labute approximate surface area is 59.5 Å². The number of thioether (sulfide) groups is 1. The molecule has 1 heterocycles. The van der Waals surface area contributed by atoms with Gasteiger partial charge in [-0.15, -0.1) is 11.8 Å². The van der Waals surface area contributed by atoms with E-state index in [1.54, 1.807) is 11.8 Å². The molecule has 0 N–H and O–H groups in total. The van der Waals surface area contributed by atoms with Crippen molar-refractivity contribution in [3.05, 3.63) is 24.5 Å². The highest BCUT2D eigenvalue weighted by atomic mass is 32.2. The molecule has 0 atom stereocenters. The van der Waals surface area contributed by atoms with Gasteiger partial charge in [0, 0.05) is 11.1 Å². The molecule has 0 bridgehead atoms. The van der Waals surface area contributed by atoms with Crippen molar-refractivity contribution in [1.82, 2.24) is 4.98 Å². The molecule has 9 heavy (non-hydrogen) atoms. The van der Waals surface area contributed by atoms with E-state index in [1.807, 2.05) is 18.3 Å². The van der Waals surface area contributed by atoms with Crippen molar-refractivity contribution in [3.63, 3.8) is 0 Å². The van der Waals surface area contributed by atoms with Crippen molar-refractivity contribution in [2.75, 3.05) is 5.75 Å². The van der Waals surface area contributed by atoms with E-state index in [9.17, 15) is 0 Å². The molecule has 47 valence electrons. The van der Waals surface area contributed by atoms with Crippen LogP contribution in [-0.4, -0.2) is 10.7 Å². The van der Waals surface area contributed by atoms with Gasteiger partial charge in [-0.25, -0.2) is 0 Å². The summed E-state index contributed by atoms with van der Waals surface area (Å²) in [6.45, 7) is 2.13. The summed E-state index contributed by atoms with van der Waals surface area (Å²) in [5.74, 6) is 1.10. The molecule has 1 aromatic heterocycles. The van der Waals surface area contributed by atoms with E-state index in [2.05, 4.69) is 18.1 Å². The second-order valence-corrected chi connectivity index (χ2v) is 2.89. The highest BCUT2D eigenvalue weighted by molar-refractivity contribution is 7.99. The molecule has 0 unspecified atom stereocenters. The minimum atomic E-state index is 1.10. The van der Waals surface area contributed by atoms with Gasteiger partial charge in [-0.2, -0.15) is 0 Å². The van der Waals surface area contributed by atoms with Gasteiger partial charge in [0.15, 0.2) is 0 Å². The van der Waals surface area contributed by atoms with Gasteiger partial charge in [0.1, 0.15) is 0 Å². The summed E-state index contributed by atoms with van der Waals surface area (Å²) in [7, 11) is 0. The average molecular weight is 138 g/mol. The molecule has 0 aliphatic heterocycles. The van der Waals surface area contributed by atoms with Crippen LogP contribution in [0.1, 0.15) is 6.92 Å². The van der Waals surface area contributed by atoms with E-state index in [0.29, 0.717) is 0 Å². The number of hydrogen-bond acceptors (Lipinski definition) is 2. The molecule has 0 saturated carbocycles. The van der Waals surface area contributed by atoms with Gasteiger partial charge >= 0.3 is 0 Å². The summed E-state index contributed by atoms with van der Waals surface area (Å²) in [6, 6.07) is 3.85. The van der Waals surface area contributed by atoms with Crippen LogP contribution in [0.4, 0.5) is 0 Å². The number of nitrogens with zero attached hydrogens (tertiary/aromatic N) is 1. The normalized spacial score (nSPS) is 9.44. The third kappa shape index (κ3) is 2.06. The standard InChI is InChI=1S/C7H8NS/c1-2-9-7-4-3-5-8-6-7/h3-4,6H,2H2,1H3. The Hall–Kier alpha value is -0.500. The van der Waals surface area contributed by atoms with E-state index in [0.717, 1.165) is 5.75 Å². The first-order chi connectivity index (χ1) is 4.43. The second-order valence-electron chi connectivity index (χ2n) is 1.56. The van der Waals surface area contributed by atoms with Crippen LogP contribution in [0.3, 0.4) is 0 Å². The van der Waals surface area contributed by atoms with E-state index in [-0.39, 0.29) is 0 Å². The lowest BCUT2D eigenvalue weighted by Gasteiger charge is -1.92. The van der Waals surface area contributed by atoms with Gasteiger partial charge in [-0.1, -0.05) is 6.92 Å². The molecule has 2 heteroatoms.